The van der Waals surface area contributed by atoms with Crippen LogP contribution >= 0.6 is 11.3 Å². The fourth-order valence-corrected chi connectivity index (χ4v) is 5.75. The van der Waals surface area contributed by atoms with E-state index in [1.165, 1.54) is 5.38 Å². The number of hydrogen-bond acceptors (Lipinski definition) is 10. The number of carboxylic acids is 1. The Kier molecular flexibility index (Phi) is 8.02. The lowest BCUT2D eigenvalue weighted by molar-refractivity contribution is -0.385. The lowest BCUT2D eigenvalue weighted by Crippen LogP contribution is -2.36. The number of anilines is 1. The number of aromatic carboxylic acids is 1. The lowest BCUT2D eigenvalue weighted by atomic mass is 9.88. The Morgan fingerprint density at radius 1 is 1.21 bits per heavy atom. The van der Waals surface area contributed by atoms with Crippen molar-refractivity contribution in [2.24, 2.45) is 0 Å². The molecule has 39 heavy (non-hydrogen) atoms. The van der Waals surface area contributed by atoms with E-state index in [-0.39, 0.29) is 33.5 Å². The van der Waals surface area contributed by atoms with Gasteiger partial charge < -0.3 is 24.2 Å². The number of carboxylic acid groups (broad SMARTS) is 1. The molecular weight excluding hydrogens is 524 g/mol. The molecule has 1 N–H and O–H groups in total. The van der Waals surface area contributed by atoms with Crippen molar-refractivity contribution < 1.29 is 29.0 Å². The molecule has 0 saturated carbocycles. The van der Waals surface area contributed by atoms with Crippen LogP contribution in [0.3, 0.4) is 0 Å². The van der Waals surface area contributed by atoms with Gasteiger partial charge in [-0.2, -0.15) is 5.26 Å². The van der Waals surface area contributed by atoms with E-state index in [1.807, 2.05) is 30.3 Å². The molecular formula is C27H26N4O7S. The van der Waals surface area contributed by atoms with E-state index in [0.717, 1.165) is 54.1 Å². The third kappa shape index (κ3) is 5.70. The maximum Gasteiger partial charge on any atom is 0.346 e. The van der Waals surface area contributed by atoms with Gasteiger partial charge in [-0.25, -0.2) is 9.78 Å². The van der Waals surface area contributed by atoms with Gasteiger partial charge in [0.25, 0.3) is 5.69 Å². The minimum Gasteiger partial charge on any atom is -0.477 e. The number of nitrogens with zero attached hydrogens (tertiary/aromatic N) is 4. The quantitative estimate of drug-likeness (QED) is 0.312. The van der Waals surface area contributed by atoms with E-state index < -0.39 is 17.5 Å². The van der Waals surface area contributed by atoms with Crippen LogP contribution in [0.25, 0.3) is 11.3 Å². The molecule has 0 unspecified atom stereocenters. The van der Waals surface area contributed by atoms with Crippen LogP contribution in [0.4, 0.5) is 11.4 Å². The van der Waals surface area contributed by atoms with E-state index in [2.05, 4.69) is 16.0 Å². The summed E-state index contributed by atoms with van der Waals surface area (Å²) in [6.07, 6.45) is 1.46. The number of hydrogen-bond donors (Lipinski definition) is 1. The maximum absolute atomic E-state index is 11.7. The van der Waals surface area contributed by atoms with Gasteiger partial charge in [-0.15, -0.1) is 11.3 Å². The Bertz CT molecular complexity index is 1370. The number of pyridine rings is 1. The molecule has 2 aliphatic rings. The number of nitriles is 1. The maximum atomic E-state index is 11.7. The third-order valence-corrected chi connectivity index (χ3v) is 7.94. The SMILES string of the molecule is N#Cc1c(C2CCOCC2)cc(-c2ccc(N3CCOCC3)cc2)nc1OCc1c([N+](=O)[O-])csc1C(=O)O. The minimum atomic E-state index is -1.28. The first-order valence-electron chi connectivity index (χ1n) is 12.5. The summed E-state index contributed by atoms with van der Waals surface area (Å²) in [7, 11) is 0. The zero-order valence-corrected chi connectivity index (χ0v) is 21.8. The van der Waals surface area contributed by atoms with Crippen LogP contribution in [-0.2, 0) is 16.1 Å². The second-order valence-electron chi connectivity index (χ2n) is 9.20. The van der Waals surface area contributed by atoms with Gasteiger partial charge in [-0.05, 0) is 42.5 Å². The molecule has 0 radical (unpaired) electrons. The Hall–Kier alpha value is -4.05. The van der Waals surface area contributed by atoms with E-state index in [0.29, 0.717) is 32.1 Å². The van der Waals surface area contributed by atoms with Crippen LogP contribution in [0.15, 0.2) is 35.7 Å². The number of nitro groups is 1. The average Bonchev–Trinajstić information content (AvgIpc) is 3.41. The van der Waals surface area contributed by atoms with E-state index in [1.54, 1.807) is 0 Å². The van der Waals surface area contributed by atoms with Crippen LogP contribution in [0.2, 0.25) is 0 Å². The van der Waals surface area contributed by atoms with E-state index >= 15 is 0 Å². The molecule has 2 fully saturated rings. The third-order valence-electron chi connectivity index (χ3n) is 6.94. The fraction of sp³-hybridized carbons (Fsp3) is 0.370. The molecule has 0 spiro atoms. The molecule has 0 bridgehead atoms. The minimum absolute atomic E-state index is 0.0191. The van der Waals surface area contributed by atoms with E-state index in [4.69, 9.17) is 14.2 Å². The van der Waals surface area contributed by atoms with Crippen molar-refractivity contribution in [3.8, 4) is 23.2 Å². The van der Waals surface area contributed by atoms with Crippen molar-refractivity contribution in [2.45, 2.75) is 25.4 Å². The van der Waals surface area contributed by atoms with Crippen LogP contribution < -0.4 is 9.64 Å². The second kappa shape index (κ2) is 11.8. The lowest BCUT2D eigenvalue weighted by Gasteiger charge is -2.29. The molecule has 3 aromatic rings. The average molecular weight is 551 g/mol. The van der Waals surface area contributed by atoms with Gasteiger partial charge in [0.15, 0.2) is 0 Å². The van der Waals surface area contributed by atoms with Crippen molar-refractivity contribution >= 4 is 28.7 Å². The summed E-state index contributed by atoms with van der Waals surface area (Å²) in [5.41, 5.74) is 3.11. The van der Waals surface area contributed by atoms with Gasteiger partial charge in [0.05, 0.1) is 34.8 Å². The summed E-state index contributed by atoms with van der Waals surface area (Å²) >= 11 is 0.764. The number of thiophene rings is 1. The summed E-state index contributed by atoms with van der Waals surface area (Å²) in [6, 6.07) is 12.1. The topological polar surface area (TPSA) is 148 Å². The Labute approximate surface area is 228 Å². The Morgan fingerprint density at radius 3 is 2.54 bits per heavy atom. The van der Waals surface area contributed by atoms with Crippen LogP contribution in [0, 0.1) is 21.4 Å². The molecule has 11 nitrogen and oxygen atoms in total. The summed E-state index contributed by atoms with van der Waals surface area (Å²) in [5, 5.41) is 32.3. The Balaban J connectivity index is 1.52. The van der Waals surface area contributed by atoms with Gasteiger partial charge in [-0.1, -0.05) is 12.1 Å². The van der Waals surface area contributed by atoms with Gasteiger partial charge in [0.1, 0.15) is 23.1 Å². The zero-order chi connectivity index (χ0) is 27.4. The molecule has 2 aromatic heterocycles. The number of benzene rings is 1. The molecule has 1 aromatic carbocycles. The first-order valence-corrected chi connectivity index (χ1v) is 13.4. The predicted octanol–water partition coefficient (Wildman–Crippen LogP) is 4.60. The molecule has 0 amide bonds. The number of carbonyl (C=O) groups is 1. The van der Waals surface area contributed by atoms with Crippen molar-refractivity contribution in [3.63, 3.8) is 0 Å². The highest BCUT2D eigenvalue weighted by Crippen LogP contribution is 2.37. The molecule has 0 atom stereocenters. The number of ether oxygens (including phenoxy) is 3. The highest BCUT2D eigenvalue weighted by Gasteiger charge is 2.28. The van der Waals surface area contributed by atoms with Crippen LogP contribution in [0.5, 0.6) is 5.88 Å². The summed E-state index contributed by atoms with van der Waals surface area (Å²) < 4.78 is 16.9. The van der Waals surface area contributed by atoms with Crippen molar-refractivity contribution in [1.82, 2.24) is 4.98 Å². The van der Waals surface area contributed by atoms with Crippen molar-refractivity contribution in [1.29, 1.82) is 5.26 Å². The summed E-state index contributed by atoms with van der Waals surface area (Å²) in [6.45, 7) is 3.72. The summed E-state index contributed by atoms with van der Waals surface area (Å²) in [4.78, 5) is 29.2. The van der Waals surface area contributed by atoms with Gasteiger partial charge in [0, 0.05) is 37.6 Å². The molecule has 0 aliphatic carbocycles. The zero-order valence-electron chi connectivity index (χ0n) is 21.0. The van der Waals surface area contributed by atoms with Gasteiger partial charge in [-0.3, -0.25) is 10.1 Å². The van der Waals surface area contributed by atoms with Crippen molar-refractivity contribution in [2.75, 3.05) is 44.4 Å². The largest absolute Gasteiger partial charge is 0.477 e. The van der Waals surface area contributed by atoms with Gasteiger partial charge in [0.2, 0.25) is 5.88 Å². The van der Waals surface area contributed by atoms with Crippen LogP contribution in [0.1, 0.15) is 45.1 Å². The Morgan fingerprint density at radius 2 is 1.90 bits per heavy atom. The highest BCUT2D eigenvalue weighted by molar-refractivity contribution is 7.12. The molecule has 2 aliphatic heterocycles. The molecule has 202 valence electrons. The van der Waals surface area contributed by atoms with E-state index in [9.17, 15) is 25.3 Å². The molecule has 5 rings (SSSR count). The standard InChI is InChI=1S/C27H26N4O7S/c28-14-21-20(17-5-9-36-10-6-17)13-23(18-1-3-19(4-2-18)30-7-11-37-12-8-30)29-26(21)38-15-22-24(31(34)35)16-39-25(22)27(32)33/h1-4,13,16-17H,5-12,15H2,(H,32,33). The predicted molar refractivity (Wildman–Crippen MR) is 142 cm³/mol. The smallest absolute Gasteiger partial charge is 0.346 e. The van der Waals surface area contributed by atoms with Gasteiger partial charge >= 0.3 is 5.97 Å². The first kappa shape index (κ1) is 26.6. The second-order valence-corrected chi connectivity index (χ2v) is 10.1. The molecule has 12 heteroatoms. The number of aromatic nitrogens is 1. The monoisotopic (exact) mass is 550 g/mol. The number of morpholine rings is 1. The van der Waals surface area contributed by atoms with Crippen LogP contribution in [-0.4, -0.2) is 60.5 Å². The normalized spacial score (nSPS) is 16.0. The highest BCUT2D eigenvalue weighted by atomic mass is 32.1. The first-order chi connectivity index (χ1) is 19.0. The molecule has 4 heterocycles. The number of rotatable bonds is 8. The summed E-state index contributed by atoms with van der Waals surface area (Å²) in [5.74, 6) is -1.21. The molecule has 2 saturated heterocycles. The fourth-order valence-electron chi connectivity index (χ4n) is 4.89. The van der Waals surface area contributed by atoms with Crippen molar-refractivity contribution in [3.05, 3.63) is 67.4 Å².